The average molecular weight is 248 g/mol. The molecular formula is C15H24N2O. The normalized spacial score (nSPS) is 17.4. The molecule has 0 atom stereocenters. The Labute approximate surface area is 110 Å². The van der Waals surface area contributed by atoms with Crippen LogP contribution in [0.4, 0.5) is 5.69 Å². The van der Waals surface area contributed by atoms with Crippen LogP contribution in [0.2, 0.25) is 0 Å². The standard InChI is InChI=1S/C15H24N2O/c1-4-15(5-2)10-17(11-15)13-7-6-12(9-16)8-14(13)18-3/h6-8H,4-5,9-11,16H2,1-3H3. The van der Waals surface area contributed by atoms with Gasteiger partial charge in [0.05, 0.1) is 12.8 Å². The Bertz CT molecular complexity index is 405. The van der Waals surface area contributed by atoms with Crippen molar-refractivity contribution in [3.63, 3.8) is 0 Å². The van der Waals surface area contributed by atoms with Gasteiger partial charge in [0.1, 0.15) is 5.75 Å². The summed E-state index contributed by atoms with van der Waals surface area (Å²) in [6.45, 7) is 7.41. The fraction of sp³-hybridized carbons (Fsp3) is 0.600. The molecule has 2 N–H and O–H groups in total. The quantitative estimate of drug-likeness (QED) is 0.871. The molecule has 0 aromatic heterocycles. The summed E-state index contributed by atoms with van der Waals surface area (Å²) in [5.74, 6) is 0.943. The maximum atomic E-state index is 5.66. The molecule has 18 heavy (non-hydrogen) atoms. The summed E-state index contributed by atoms with van der Waals surface area (Å²) in [5.41, 5.74) is 8.49. The lowest BCUT2D eigenvalue weighted by Crippen LogP contribution is -2.56. The number of ether oxygens (including phenoxy) is 1. The molecule has 100 valence electrons. The van der Waals surface area contributed by atoms with Crippen molar-refractivity contribution in [2.24, 2.45) is 11.1 Å². The van der Waals surface area contributed by atoms with Gasteiger partial charge in [-0.25, -0.2) is 0 Å². The molecule has 1 aromatic rings. The van der Waals surface area contributed by atoms with Crippen molar-refractivity contribution in [3.8, 4) is 5.75 Å². The maximum absolute atomic E-state index is 5.66. The summed E-state index contributed by atoms with van der Waals surface area (Å²) >= 11 is 0. The van der Waals surface area contributed by atoms with Crippen molar-refractivity contribution in [2.45, 2.75) is 33.2 Å². The second kappa shape index (κ2) is 5.19. The largest absolute Gasteiger partial charge is 0.495 e. The fourth-order valence-electron chi connectivity index (χ4n) is 2.74. The first kappa shape index (κ1) is 13.2. The lowest BCUT2D eigenvalue weighted by molar-refractivity contribution is 0.193. The van der Waals surface area contributed by atoms with Crippen LogP contribution < -0.4 is 15.4 Å². The van der Waals surface area contributed by atoms with E-state index in [0.717, 1.165) is 24.4 Å². The van der Waals surface area contributed by atoms with Gasteiger partial charge in [-0.05, 0) is 30.5 Å². The van der Waals surface area contributed by atoms with Crippen molar-refractivity contribution >= 4 is 5.69 Å². The van der Waals surface area contributed by atoms with Gasteiger partial charge in [-0.1, -0.05) is 19.9 Å². The van der Waals surface area contributed by atoms with Gasteiger partial charge in [-0.15, -0.1) is 0 Å². The summed E-state index contributed by atoms with van der Waals surface area (Å²) in [6, 6.07) is 6.28. The summed E-state index contributed by atoms with van der Waals surface area (Å²) in [5, 5.41) is 0. The molecule has 1 aliphatic heterocycles. The molecule has 1 heterocycles. The van der Waals surface area contributed by atoms with Crippen molar-refractivity contribution in [2.75, 3.05) is 25.1 Å². The lowest BCUT2D eigenvalue weighted by Gasteiger charge is -2.51. The van der Waals surface area contributed by atoms with E-state index in [4.69, 9.17) is 10.5 Å². The third kappa shape index (κ3) is 2.19. The van der Waals surface area contributed by atoms with Crippen LogP contribution in [0.15, 0.2) is 18.2 Å². The predicted molar refractivity (Wildman–Crippen MR) is 76.1 cm³/mol. The Morgan fingerprint density at radius 3 is 2.44 bits per heavy atom. The van der Waals surface area contributed by atoms with Gasteiger partial charge in [-0.3, -0.25) is 0 Å². The molecule has 0 unspecified atom stereocenters. The average Bonchev–Trinajstić information content (AvgIpc) is 2.38. The Kier molecular flexibility index (Phi) is 3.81. The van der Waals surface area contributed by atoms with E-state index in [0.29, 0.717) is 12.0 Å². The minimum atomic E-state index is 0.511. The van der Waals surface area contributed by atoms with Crippen LogP contribution in [-0.4, -0.2) is 20.2 Å². The number of rotatable bonds is 5. The minimum Gasteiger partial charge on any atom is -0.495 e. The molecule has 1 saturated heterocycles. The van der Waals surface area contributed by atoms with E-state index >= 15 is 0 Å². The van der Waals surface area contributed by atoms with Crippen molar-refractivity contribution in [3.05, 3.63) is 23.8 Å². The fourth-order valence-corrected chi connectivity index (χ4v) is 2.74. The smallest absolute Gasteiger partial charge is 0.142 e. The van der Waals surface area contributed by atoms with E-state index in [2.05, 4.69) is 30.9 Å². The van der Waals surface area contributed by atoms with Gasteiger partial charge in [-0.2, -0.15) is 0 Å². The number of anilines is 1. The zero-order chi connectivity index (χ0) is 13.2. The summed E-state index contributed by atoms with van der Waals surface area (Å²) in [6.07, 6.45) is 2.51. The predicted octanol–water partition coefficient (Wildman–Crippen LogP) is 2.78. The summed E-state index contributed by atoms with van der Waals surface area (Å²) < 4.78 is 5.48. The van der Waals surface area contributed by atoms with Crippen molar-refractivity contribution in [1.82, 2.24) is 0 Å². The van der Waals surface area contributed by atoms with Gasteiger partial charge in [0.2, 0.25) is 0 Å². The molecule has 3 heteroatoms. The van der Waals surface area contributed by atoms with Crippen LogP contribution in [0.25, 0.3) is 0 Å². The van der Waals surface area contributed by atoms with Crippen LogP contribution in [0.1, 0.15) is 32.3 Å². The molecule has 3 nitrogen and oxygen atoms in total. The second-order valence-electron chi connectivity index (χ2n) is 5.27. The molecule has 0 radical (unpaired) electrons. The maximum Gasteiger partial charge on any atom is 0.142 e. The number of nitrogens with two attached hydrogens (primary N) is 1. The highest BCUT2D eigenvalue weighted by molar-refractivity contribution is 5.61. The molecule has 0 spiro atoms. The van der Waals surface area contributed by atoms with Gasteiger partial charge < -0.3 is 15.4 Å². The van der Waals surface area contributed by atoms with Crippen molar-refractivity contribution in [1.29, 1.82) is 0 Å². The van der Waals surface area contributed by atoms with Gasteiger partial charge in [0, 0.05) is 25.0 Å². The number of hydrogen-bond acceptors (Lipinski definition) is 3. The van der Waals surface area contributed by atoms with Gasteiger partial charge >= 0.3 is 0 Å². The van der Waals surface area contributed by atoms with Gasteiger partial charge in [0.15, 0.2) is 0 Å². The zero-order valence-electron chi connectivity index (χ0n) is 11.7. The molecule has 1 aliphatic rings. The number of benzene rings is 1. The van der Waals surface area contributed by atoms with E-state index < -0.39 is 0 Å². The molecule has 0 aliphatic carbocycles. The third-order valence-electron chi connectivity index (χ3n) is 4.37. The number of hydrogen-bond donors (Lipinski definition) is 1. The second-order valence-corrected chi connectivity index (χ2v) is 5.27. The highest BCUT2D eigenvalue weighted by Gasteiger charge is 2.40. The summed E-state index contributed by atoms with van der Waals surface area (Å²) in [7, 11) is 1.73. The topological polar surface area (TPSA) is 38.5 Å². The molecule has 0 bridgehead atoms. The molecule has 1 aromatic carbocycles. The molecular weight excluding hydrogens is 224 g/mol. The Balaban J connectivity index is 2.16. The highest BCUT2D eigenvalue weighted by atomic mass is 16.5. The van der Waals surface area contributed by atoms with E-state index in [1.54, 1.807) is 7.11 Å². The lowest BCUT2D eigenvalue weighted by atomic mass is 9.75. The van der Waals surface area contributed by atoms with Crippen LogP contribution in [0.5, 0.6) is 5.75 Å². The van der Waals surface area contributed by atoms with E-state index in [-0.39, 0.29) is 0 Å². The van der Waals surface area contributed by atoms with E-state index in [9.17, 15) is 0 Å². The summed E-state index contributed by atoms with van der Waals surface area (Å²) in [4.78, 5) is 2.41. The molecule has 0 saturated carbocycles. The first-order valence-electron chi connectivity index (χ1n) is 6.80. The first-order valence-corrected chi connectivity index (χ1v) is 6.80. The van der Waals surface area contributed by atoms with E-state index in [1.165, 1.54) is 18.5 Å². The molecule has 2 rings (SSSR count). The molecule has 0 amide bonds. The number of nitrogens with zero attached hydrogens (tertiary/aromatic N) is 1. The SMILES string of the molecule is CCC1(CC)CN(c2ccc(CN)cc2OC)C1. The van der Waals surface area contributed by atoms with Crippen molar-refractivity contribution < 1.29 is 4.74 Å². The Morgan fingerprint density at radius 1 is 1.28 bits per heavy atom. The van der Waals surface area contributed by atoms with Crippen LogP contribution >= 0.6 is 0 Å². The highest BCUT2D eigenvalue weighted by Crippen LogP contribution is 2.43. The Hall–Kier alpha value is -1.22. The number of methoxy groups -OCH3 is 1. The zero-order valence-corrected chi connectivity index (χ0v) is 11.7. The Morgan fingerprint density at radius 2 is 1.94 bits per heavy atom. The van der Waals surface area contributed by atoms with Crippen LogP contribution in [-0.2, 0) is 6.54 Å². The third-order valence-corrected chi connectivity index (χ3v) is 4.37. The van der Waals surface area contributed by atoms with Crippen LogP contribution in [0.3, 0.4) is 0 Å². The van der Waals surface area contributed by atoms with Gasteiger partial charge in [0.25, 0.3) is 0 Å². The molecule has 1 fully saturated rings. The van der Waals surface area contributed by atoms with Crippen LogP contribution in [0, 0.1) is 5.41 Å². The monoisotopic (exact) mass is 248 g/mol. The van der Waals surface area contributed by atoms with E-state index in [1.807, 2.05) is 6.07 Å². The first-order chi connectivity index (χ1) is 8.68. The minimum absolute atomic E-state index is 0.511.